The summed E-state index contributed by atoms with van der Waals surface area (Å²) in [5.41, 5.74) is 2.62. The van der Waals surface area contributed by atoms with E-state index in [1.165, 1.54) is 16.0 Å². The van der Waals surface area contributed by atoms with Gasteiger partial charge in [0, 0.05) is 26.2 Å². The van der Waals surface area contributed by atoms with Crippen LogP contribution in [0.2, 0.25) is 0 Å². The van der Waals surface area contributed by atoms with Gasteiger partial charge < -0.3 is 9.64 Å². The van der Waals surface area contributed by atoms with Crippen molar-refractivity contribution in [2.24, 2.45) is 0 Å². The van der Waals surface area contributed by atoms with Gasteiger partial charge in [-0.2, -0.15) is 13.2 Å². The molecule has 0 aromatic heterocycles. The number of carbonyl (C=O) groups excluding carboxylic acids is 1. The molecule has 7 heteroatoms. The normalized spacial score (nSPS) is 18.8. The number of hydrogen-bond acceptors (Lipinski definition) is 3. The minimum Gasteiger partial charge on any atom is -0.484 e. The highest BCUT2D eigenvalue weighted by molar-refractivity contribution is 5.77. The maximum Gasteiger partial charge on any atom is 0.401 e. The Labute approximate surface area is 145 Å². The Hall–Kier alpha value is -1.76. The lowest BCUT2D eigenvalue weighted by Gasteiger charge is -2.22. The molecule has 138 valence electrons. The van der Waals surface area contributed by atoms with E-state index in [-0.39, 0.29) is 19.1 Å². The van der Waals surface area contributed by atoms with Crippen molar-refractivity contribution in [1.82, 2.24) is 9.80 Å². The van der Waals surface area contributed by atoms with E-state index < -0.39 is 12.7 Å². The second-order valence-electron chi connectivity index (χ2n) is 6.70. The van der Waals surface area contributed by atoms with E-state index in [9.17, 15) is 18.0 Å². The lowest BCUT2D eigenvalue weighted by atomic mass is 10.1. The molecule has 0 spiro atoms. The van der Waals surface area contributed by atoms with Gasteiger partial charge in [-0.15, -0.1) is 0 Å². The summed E-state index contributed by atoms with van der Waals surface area (Å²) < 4.78 is 43.1. The van der Waals surface area contributed by atoms with E-state index in [2.05, 4.69) is 0 Å². The maximum absolute atomic E-state index is 12.5. The third-order valence-corrected chi connectivity index (χ3v) is 4.78. The summed E-state index contributed by atoms with van der Waals surface area (Å²) >= 11 is 0. The standard InChI is InChI=1S/C18H23F3N2O2/c19-18(20,21)13-22-7-2-8-23(10-9-22)17(24)12-25-16-6-5-14-3-1-4-15(14)11-16/h5-6,11H,1-4,7-10,12-13H2. The number of rotatable bonds is 4. The van der Waals surface area contributed by atoms with Crippen LogP contribution in [-0.2, 0) is 17.6 Å². The van der Waals surface area contributed by atoms with Crippen LogP contribution in [0.25, 0.3) is 0 Å². The summed E-state index contributed by atoms with van der Waals surface area (Å²) in [6, 6.07) is 5.91. The molecule has 0 atom stereocenters. The van der Waals surface area contributed by atoms with Gasteiger partial charge in [-0.3, -0.25) is 9.69 Å². The fourth-order valence-electron chi connectivity index (χ4n) is 3.51. The highest BCUT2D eigenvalue weighted by Crippen LogP contribution is 2.26. The quantitative estimate of drug-likeness (QED) is 0.832. The van der Waals surface area contributed by atoms with E-state index in [4.69, 9.17) is 4.74 Å². The van der Waals surface area contributed by atoms with Crippen molar-refractivity contribution in [3.63, 3.8) is 0 Å². The van der Waals surface area contributed by atoms with E-state index in [1.54, 1.807) is 4.90 Å². The van der Waals surface area contributed by atoms with Gasteiger partial charge in [0.25, 0.3) is 5.91 Å². The summed E-state index contributed by atoms with van der Waals surface area (Å²) in [5.74, 6) is 0.511. The molecule has 25 heavy (non-hydrogen) atoms. The largest absolute Gasteiger partial charge is 0.484 e. The number of ether oxygens (including phenoxy) is 1. The average molecular weight is 356 g/mol. The summed E-state index contributed by atoms with van der Waals surface area (Å²) in [6.45, 7) is 0.390. The highest BCUT2D eigenvalue weighted by Gasteiger charge is 2.31. The van der Waals surface area contributed by atoms with Crippen molar-refractivity contribution >= 4 is 5.91 Å². The van der Waals surface area contributed by atoms with Crippen molar-refractivity contribution in [3.05, 3.63) is 29.3 Å². The van der Waals surface area contributed by atoms with Crippen LogP contribution < -0.4 is 4.74 Å². The van der Waals surface area contributed by atoms with Crippen molar-refractivity contribution in [2.75, 3.05) is 39.3 Å². The summed E-state index contributed by atoms with van der Waals surface area (Å²) in [5, 5.41) is 0. The lowest BCUT2D eigenvalue weighted by molar-refractivity contribution is -0.145. The molecule has 2 aliphatic rings. The summed E-state index contributed by atoms with van der Waals surface area (Å²) in [4.78, 5) is 15.3. The van der Waals surface area contributed by atoms with E-state index >= 15 is 0 Å². The maximum atomic E-state index is 12.5. The molecule has 1 aromatic rings. The Balaban J connectivity index is 1.48. The van der Waals surface area contributed by atoms with Crippen LogP contribution >= 0.6 is 0 Å². The third-order valence-electron chi connectivity index (χ3n) is 4.78. The zero-order valence-corrected chi connectivity index (χ0v) is 14.1. The van der Waals surface area contributed by atoms with Crippen molar-refractivity contribution in [1.29, 1.82) is 0 Å². The molecular formula is C18H23F3N2O2. The number of carbonyl (C=O) groups is 1. The van der Waals surface area contributed by atoms with Gasteiger partial charge in [-0.25, -0.2) is 0 Å². The lowest BCUT2D eigenvalue weighted by Crippen LogP contribution is -2.40. The molecule has 1 aliphatic heterocycles. The second-order valence-corrected chi connectivity index (χ2v) is 6.70. The molecule has 0 saturated carbocycles. The topological polar surface area (TPSA) is 32.8 Å². The van der Waals surface area contributed by atoms with Gasteiger partial charge in [0.05, 0.1) is 6.54 Å². The molecule has 3 rings (SSSR count). The third kappa shape index (κ3) is 5.11. The predicted octanol–water partition coefficient (Wildman–Crippen LogP) is 2.65. The monoisotopic (exact) mass is 356 g/mol. The first-order valence-corrected chi connectivity index (χ1v) is 8.72. The van der Waals surface area contributed by atoms with Crippen molar-refractivity contribution < 1.29 is 22.7 Å². The number of hydrogen-bond donors (Lipinski definition) is 0. The molecular weight excluding hydrogens is 333 g/mol. The highest BCUT2D eigenvalue weighted by atomic mass is 19.4. The van der Waals surface area contributed by atoms with Crippen LogP contribution in [0.3, 0.4) is 0 Å². The SMILES string of the molecule is O=C(COc1ccc2c(c1)CCC2)N1CCCN(CC(F)(F)F)CC1. The smallest absolute Gasteiger partial charge is 0.401 e. The van der Waals surface area contributed by atoms with Gasteiger partial charge in [0.15, 0.2) is 6.61 Å². The first kappa shape index (κ1) is 18.0. The molecule has 1 amide bonds. The molecule has 1 heterocycles. The molecule has 0 N–H and O–H groups in total. The molecule has 1 aromatic carbocycles. The molecule has 1 aliphatic carbocycles. The van der Waals surface area contributed by atoms with Gasteiger partial charge in [-0.1, -0.05) is 6.07 Å². The number of aryl methyl sites for hydroxylation is 2. The zero-order chi connectivity index (χ0) is 17.9. The first-order chi connectivity index (χ1) is 11.9. The van der Waals surface area contributed by atoms with Crippen LogP contribution in [0, 0.1) is 0 Å². The van der Waals surface area contributed by atoms with Gasteiger partial charge in [0.1, 0.15) is 5.75 Å². The summed E-state index contributed by atoms with van der Waals surface area (Å²) in [7, 11) is 0. The number of fused-ring (bicyclic) bond motifs is 1. The van der Waals surface area contributed by atoms with Gasteiger partial charge in [0.2, 0.25) is 0 Å². The second kappa shape index (κ2) is 7.64. The Morgan fingerprint density at radius 3 is 2.64 bits per heavy atom. The molecule has 0 bridgehead atoms. The molecule has 0 radical (unpaired) electrons. The van der Waals surface area contributed by atoms with Crippen LogP contribution in [0.5, 0.6) is 5.75 Å². The van der Waals surface area contributed by atoms with Gasteiger partial charge >= 0.3 is 6.18 Å². The fraction of sp³-hybridized carbons (Fsp3) is 0.611. The minimum absolute atomic E-state index is 0.0714. The Morgan fingerprint density at radius 2 is 1.84 bits per heavy atom. The van der Waals surface area contributed by atoms with Crippen molar-refractivity contribution in [3.8, 4) is 5.75 Å². The van der Waals surface area contributed by atoms with Crippen LogP contribution in [0.15, 0.2) is 18.2 Å². The Kier molecular flexibility index (Phi) is 5.51. The van der Waals surface area contributed by atoms with E-state index in [1.807, 2.05) is 18.2 Å². The number of nitrogens with zero attached hydrogens (tertiary/aromatic N) is 2. The predicted molar refractivity (Wildman–Crippen MR) is 87.7 cm³/mol. The zero-order valence-electron chi connectivity index (χ0n) is 14.1. The van der Waals surface area contributed by atoms with E-state index in [0.717, 1.165) is 19.3 Å². The Morgan fingerprint density at radius 1 is 1.04 bits per heavy atom. The first-order valence-electron chi connectivity index (χ1n) is 8.72. The molecule has 1 saturated heterocycles. The number of halogens is 3. The summed E-state index contributed by atoms with van der Waals surface area (Å²) in [6.07, 6.45) is -0.366. The minimum atomic E-state index is -4.20. The number of benzene rings is 1. The average Bonchev–Trinajstić information content (AvgIpc) is 2.90. The molecule has 1 fully saturated rings. The Bertz CT molecular complexity index is 619. The fourth-order valence-corrected chi connectivity index (χ4v) is 3.51. The van der Waals surface area contributed by atoms with Crippen molar-refractivity contribution in [2.45, 2.75) is 31.9 Å². The molecule has 4 nitrogen and oxygen atoms in total. The molecule has 0 unspecified atom stereocenters. The van der Waals surface area contributed by atoms with Crippen LogP contribution in [0.1, 0.15) is 24.0 Å². The number of alkyl halides is 3. The van der Waals surface area contributed by atoms with E-state index in [0.29, 0.717) is 31.8 Å². The van der Waals surface area contributed by atoms with Crippen LogP contribution in [-0.4, -0.2) is 61.2 Å². The van der Waals surface area contributed by atoms with Crippen LogP contribution in [0.4, 0.5) is 13.2 Å². The van der Waals surface area contributed by atoms with Gasteiger partial charge in [-0.05, 0) is 48.9 Å². The number of amides is 1.